The van der Waals surface area contributed by atoms with Crippen LogP contribution in [0.4, 0.5) is 0 Å². The third-order valence-electron chi connectivity index (χ3n) is 3.96. The van der Waals surface area contributed by atoms with Crippen molar-refractivity contribution in [2.45, 2.75) is 51.8 Å². The maximum Gasteiger partial charge on any atom is 0.365 e. The predicted molar refractivity (Wildman–Crippen MR) is 80.1 cm³/mol. The molecule has 0 unspecified atom stereocenters. The minimum Gasteiger partial charge on any atom is -0.456 e. The largest absolute Gasteiger partial charge is 0.456 e. The molecule has 0 amide bonds. The average Bonchev–Trinajstić information content (AvgIpc) is 2.70. The first-order valence-electron chi connectivity index (χ1n) is 7.41. The quantitative estimate of drug-likeness (QED) is 0.626. The molecule has 0 spiro atoms. The number of quaternary nitrogens is 1. The maximum absolute atomic E-state index is 12.4. The van der Waals surface area contributed by atoms with Crippen molar-refractivity contribution in [3.63, 3.8) is 0 Å². The van der Waals surface area contributed by atoms with Crippen LogP contribution < -0.4 is 0 Å². The lowest BCUT2D eigenvalue weighted by Crippen LogP contribution is -2.52. The Morgan fingerprint density at radius 2 is 1.95 bits per heavy atom. The second-order valence-electron chi connectivity index (χ2n) is 7.04. The average molecular weight is 276 g/mol. The molecule has 0 saturated carbocycles. The molecule has 0 N–H and O–H groups in total. The van der Waals surface area contributed by atoms with Gasteiger partial charge in [-0.2, -0.15) is 0 Å². The molecular weight excluding hydrogens is 250 g/mol. The Labute approximate surface area is 122 Å². The Hall–Kier alpha value is -1.35. The number of hydrogen-bond donors (Lipinski definition) is 0. The van der Waals surface area contributed by atoms with Gasteiger partial charge in [-0.1, -0.05) is 30.3 Å². The molecule has 0 aliphatic carbocycles. The SMILES string of the molecule is CC(C)(C)OC(=O)[C@@H]1CCC[N@@+]1(C)Cc1ccccc1. The summed E-state index contributed by atoms with van der Waals surface area (Å²) in [4.78, 5) is 12.4. The monoisotopic (exact) mass is 276 g/mol. The molecular formula is C17H26NO2+. The lowest BCUT2D eigenvalue weighted by Gasteiger charge is -2.36. The molecule has 20 heavy (non-hydrogen) atoms. The van der Waals surface area contributed by atoms with E-state index in [9.17, 15) is 4.79 Å². The first kappa shape index (κ1) is 15.0. The topological polar surface area (TPSA) is 26.3 Å². The summed E-state index contributed by atoms with van der Waals surface area (Å²) < 4.78 is 6.36. The fraction of sp³-hybridized carbons (Fsp3) is 0.588. The smallest absolute Gasteiger partial charge is 0.365 e. The zero-order valence-corrected chi connectivity index (χ0v) is 13.1. The Balaban J connectivity index is 2.11. The third-order valence-corrected chi connectivity index (χ3v) is 3.96. The Kier molecular flexibility index (Phi) is 4.19. The second-order valence-corrected chi connectivity index (χ2v) is 7.04. The van der Waals surface area contributed by atoms with Crippen molar-refractivity contribution < 1.29 is 14.0 Å². The van der Waals surface area contributed by atoms with Crippen molar-refractivity contribution in [2.75, 3.05) is 13.6 Å². The third kappa shape index (κ3) is 3.60. The summed E-state index contributed by atoms with van der Waals surface area (Å²) in [7, 11) is 2.18. The van der Waals surface area contributed by atoms with E-state index in [0.29, 0.717) is 0 Å². The van der Waals surface area contributed by atoms with Crippen LogP contribution in [0.2, 0.25) is 0 Å². The fourth-order valence-electron chi connectivity index (χ4n) is 3.05. The Morgan fingerprint density at radius 3 is 2.55 bits per heavy atom. The van der Waals surface area contributed by atoms with Gasteiger partial charge in [0.25, 0.3) is 0 Å². The van der Waals surface area contributed by atoms with E-state index >= 15 is 0 Å². The highest BCUT2D eigenvalue weighted by molar-refractivity contribution is 5.75. The molecule has 2 atom stereocenters. The van der Waals surface area contributed by atoms with E-state index in [1.807, 2.05) is 26.8 Å². The van der Waals surface area contributed by atoms with Gasteiger partial charge in [0.2, 0.25) is 0 Å². The van der Waals surface area contributed by atoms with Crippen molar-refractivity contribution in [1.82, 2.24) is 0 Å². The zero-order valence-electron chi connectivity index (χ0n) is 13.1. The summed E-state index contributed by atoms with van der Waals surface area (Å²) in [5, 5.41) is 0. The van der Waals surface area contributed by atoms with Crippen molar-refractivity contribution >= 4 is 5.97 Å². The minimum atomic E-state index is -0.406. The highest BCUT2D eigenvalue weighted by Crippen LogP contribution is 2.29. The van der Waals surface area contributed by atoms with Gasteiger partial charge < -0.3 is 9.22 Å². The van der Waals surface area contributed by atoms with Crippen LogP contribution >= 0.6 is 0 Å². The molecule has 3 heteroatoms. The highest BCUT2D eigenvalue weighted by atomic mass is 16.6. The first-order chi connectivity index (χ1) is 9.30. The van der Waals surface area contributed by atoms with Crippen LogP contribution in [-0.4, -0.2) is 35.7 Å². The zero-order chi connectivity index (χ0) is 14.8. The number of nitrogens with zero attached hydrogens (tertiary/aromatic N) is 1. The standard InChI is InChI=1S/C17H26NO2/c1-17(2,3)20-16(19)15-11-8-12-18(15,4)13-14-9-6-5-7-10-14/h5-7,9-10,15H,8,11-13H2,1-4H3/q+1/t15-,18-/m0/s1. The molecule has 1 aromatic carbocycles. The molecule has 1 heterocycles. The van der Waals surface area contributed by atoms with Gasteiger partial charge in [0.05, 0.1) is 13.6 Å². The number of carbonyl (C=O) groups excluding carboxylic acids is 1. The van der Waals surface area contributed by atoms with E-state index in [-0.39, 0.29) is 12.0 Å². The van der Waals surface area contributed by atoms with Crippen molar-refractivity contribution in [2.24, 2.45) is 0 Å². The maximum atomic E-state index is 12.4. The number of ether oxygens (including phenoxy) is 1. The van der Waals surface area contributed by atoms with Gasteiger partial charge in [0.1, 0.15) is 12.1 Å². The highest BCUT2D eigenvalue weighted by Gasteiger charge is 2.45. The fourth-order valence-corrected chi connectivity index (χ4v) is 3.05. The number of likely N-dealkylation sites (tertiary alicyclic amines) is 1. The summed E-state index contributed by atoms with van der Waals surface area (Å²) in [6.45, 7) is 7.73. The number of carbonyl (C=O) groups is 1. The van der Waals surface area contributed by atoms with Crippen LogP contribution in [0.25, 0.3) is 0 Å². The van der Waals surface area contributed by atoms with Crippen molar-refractivity contribution in [3.8, 4) is 0 Å². The number of likely N-dealkylation sites (N-methyl/N-ethyl adjacent to an activating group) is 1. The Morgan fingerprint density at radius 1 is 1.30 bits per heavy atom. The summed E-state index contributed by atoms with van der Waals surface area (Å²) >= 11 is 0. The summed E-state index contributed by atoms with van der Waals surface area (Å²) in [5.41, 5.74) is 0.877. The van der Waals surface area contributed by atoms with E-state index < -0.39 is 5.60 Å². The molecule has 2 rings (SSSR count). The summed E-state index contributed by atoms with van der Waals surface area (Å²) in [6, 6.07) is 10.4. The predicted octanol–water partition coefficient (Wildman–Crippen LogP) is 3.14. The Bertz CT molecular complexity index is 464. The van der Waals surface area contributed by atoms with E-state index in [0.717, 1.165) is 30.4 Å². The van der Waals surface area contributed by atoms with Crippen LogP contribution in [-0.2, 0) is 16.1 Å². The molecule has 1 fully saturated rings. The molecule has 3 nitrogen and oxygen atoms in total. The van der Waals surface area contributed by atoms with E-state index in [4.69, 9.17) is 4.74 Å². The molecule has 1 aliphatic heterocycles. The van der Waals surface area contributed by atoms with Gasteiger partial charge in [-0.15, -0.1) is 0 Å². The van der Waals surface area contributed by atoms with Crippen molar-refractivity contribution in [3.05, 3.63) is 35.9 Å². The van der Waals surface area contributed by atoms with Crippen LogP contribution in [0.15, 0.2) is 30.3 Å². The molecule has 110 valence electrons. The molecule has 1 saturated heterocycles. The van der Waals surface area contributed by atoms with Gasteiger partial charge in [0, 0.05) is 18.4 Å². The lowest BCUT2D eigenvalue weighted by molar-refractivity contribution is -0.926. The van der Waals surface area contributed by atoms with Gasteiger partial charge in [0.15, 0.2) is 6.04 Å². The van der Waals surface area contributed by atoms with Crippen LogP contribution in [0.3, 0.4) is 0 Å². The van der Waals surface area contributed by atoms with Crippen LogP contribution in [0, 0.1) is 0 Å². The van der Waals surface area contributed by atoms with E-state index in [1.54, 1.807) is 0 Å². The van der Waals surface area contributed by atoms with Crippen LogP contribution in [0.1, 0.15) is 39.2 Å². The van der Waals surface area contributed by atoms with Gasteiger partial charge in [-0.3, -0.25) is 0 Å². The molecule has 1 aliphatic rings. The molecule has 0 radical (unpaired) electrons. The van der Waals surface area contributed by atoms with Crippen LogP contribution in [0.5, 0.6) is 0 Å². The normalized spacial score (nSPS) is 26.5. The van der Waals surface area contributed by atoms with E-state index in [2.05, 4.69) is 31.3 Å². The summed E-state index contributed by atoms with van der Waals surface area (Å²) in [6.07, 6.45) is 2.02. The number of rotatable bonds is 3. The van der Waals surface area contributed by atoms with Gasteiger partial charge in [-0.25, -0.2) is 4.79 Å². The van der Waals surface area contributed by atoms with Crippen molar-refractivity contribution in [1.29, 1.82) is 0 Å². The number of hydrogen-bond acceptors (Lipinski definition) is 2. The van der Waals surface area contributed by atoms with Gasteiger partial charge >= 0.3 is 5.97 Å². The molecule has 1 aromatic rings. The van der Waals surface area contributed by atoms with Gasteiger partial charge in [-0.05, 0) is 20.8 Å². The second kappa shape index (κ2) is 5.57. The molecule has 0 aromatic heterocycles. The lowest BCUT2D eigenvalue weighted by atomic mass is 10.1. The van der Waals surface area contributed by atoms with E-state index in [1.165, 1.54) is 5.56 Å². The first-order valence-corrected chi connectivity index (χ1v) is 7.41. The summed E-state index contributed by atoms with van der Waals surface area (Å²) in [5.74, 6) is -0.0477. The number of esters is 1. The minimum absolute atomic E-state index is 0.0329. The molecule has 0 bridgehead atoms. The number of benzene rings is 1.